The predicted molar refractivity (Wildman–Crippen MR) is 96.0 cm³/mol. The highest BCUT2D eigenvalue weighted by Crippen LogP contribution is 2.18. The molecule has 1 aromatic heterocycles. The van der Waals surface area contributed by atoms with E-state index in [4.69, 9.17) is 0 Å². The van der Waals surface area contributed by atoms with Crippen molar-refractivity contribution in [1.29, 1.82) is 0 Å². The molecule has 0 bridgehead atoms. The Morgan fingerprint density at radius 1 is 1.16 bits per heavy atom. The lowest BCUT2D eigenvalue weighted by Crippen LogP contribution is -2.43. The maximum atomic E-state index is 13.8. The Balaban J connectivity index is 1.59. The molecule has 2 amide bonds. The van der Waals surface area contributed by atoms with Crippen LogP contribution >= 0.6 is 0 Å². The summed E-state index contributed by atoms with van der Waals surface area (Å²) in [6.45, 7) is 4.83. The summed E-state index contributed by atoms with van der Waals surface area (Å²) < 4.78 is 13.8. The first-order chi connectivity index (χ1) is 12.1. The number of carbonyl (C=O) groups is 1. The fourth-order valence-electron chi connectivity index (χ4n) is 3.11. The minimum atomic E-state index is -0.401. The molecule has 3 rings (SSSR count). The van der Waals surface area contributed by atoms with Crippen LogP contribution in [0.1, 0.15) is 24.9 Å². The number of hydrogen-bond donors (Lipinski definition) is 1. The first-order valence-corrected chi connectivity index (χ1v) is 8.60. The highest BCUT2D eigenvalue weighted by Gasteiger charge is 2.21. The molecule has 1 atom stereocenters. The Kier molecular flexibility index (Phi) is 5.48. The third kappa shape index (κ3) is 4.26. The third-order valence-corrected chi connectivity index (χ3v) is 4.51. The van der Waals surface area contributed by atoms with Crippen molar-refractivity contribution in [2.45, 2.75) is 19.4 Å². The molecule has 0 aliphatic carbocycles. The largest absolute Gasteiger partial charge is 0.370 e. The van der Waals surface area contributed by atoms with Crippen molar-refractivity contribution in [2.24, 2.45) is 0 Å². The number of hydrogen-bond acceptors (Lipinski definition) is 3. The second-order valence-electron chi connectivity index (χ2n) is 6.23. The van der Waals surface area contributed by atoms with Crippen LogP contribution in [0.3, 0.4) is 0 Å². The Bertz CT molecular complexity index is 710. The first kappa shape index (κ1) is 17.2. The summed E-state index contributed by atoms with van der Waals surface area (Å²) in [4.78, 5) is 20.4. The summed E-state index contributed by atoms with van der Waals surface area (Å²) in [7, 11) is 0. The molecule has 2 aromatic rings. The van der Waals surface area contributed by atoms with Gasteiger partial charge in [0.2, 0.25) is 0 Å². The fourth-order valence-corrected chi connectivity index (χ4v) is 3.11. The van der Waals surface area contributed by atoms with E-state index >= 15 is 0 Å². The average molecular weight is 342 g/mol. The molecule has 132 valence electrons. The number of rotatable bonds is 3. The van der Waals surface area contributed by atoms with Gasteiger partial charge in [0, 0.05) is 43.6 Å². The van der Waals surface area contributed by atoms with Gasteiger partial charge in [0.05, 0.1) is 12.2 Å². The van der Waals surface area contributed by atoms with Gasteiger partial charge in [-0.05, 0) is 31.5 Å². The molecule has 1 fully saturated rings. The third-order valence-electron chi connectivity index (χ3n) is 4.51. The number of urea groups is 1. The van der Waals surface area contributed by atoms with Crippen molar-refractivity contribution in [2.75, 3.05) is 31.1 Å². The topological polar surface area (TPSA) is 48.5 Å². The van der Waals surface area contributed by atoms with Crippen molar-refractivity contribution < 1.29 is 9.18 Å². The van der Waals surface area contributed by atoms with Crippen molar-refractivity contribution in [3.8, 4) is 0 Å². The molecule has 0 saturated carbocycles. The summed E-state index contributed by atoms with van der Waals surface area (Å²) in [6, 6.07) is 11.3. The van der Waals surface area contributed by atoms with Gasteiger partial charge in [0.25, 0.3) is 0 Å². The zero-order valence-corrected chi connectivity index (χ0v) is 14.4. The summed E-state index contributed by atoms with van der Waals surface area (Å²) in [6.07, 6.45) is 3.60. The van der Waals surface area contributed by atoms with Gasteiger partial charge >= 0.3 is 6.03 Å². The quantitative estimate of drug-likeness (QED) is 0.932. The van der Waals surface area contributed by atoms with Gasteiger partial charge < -0.3 is 15.1 Å². The Morgan fingerprint density at radius 3 is 2.72 bits per heavy atom. The lowest BCUT2D eigenvalue weighted by Gasteiger charge is -2.25. The molecule has 5 nitrogen and oxygen atoms in total. The molecule has 0 spiro atoms. The number of nitrogens with one attached hydrogen (secondary N) is 1. The van der Waals surface area contributed by atoms with Crippen molar-refractivity contribution in [3.63, 3.8) is 0 Å². The van der Waals surface area contributed by atoms with E-state index in [9.17, 15) is 9.18 Å². The van der Waals surface area contributed by atoms with E-state index in [0.717, 1.165) is 19.5 Å². The molecule has 1 saturated heterocycles. The second-order valence-corrected chi connectivity index (χ2v) is 6.23. The van der Waals surface area contributed by atoms with Crippen molar-refractivity contribution in [3.05, 3.63) is 60.2 Å². The molecular formula is C19H23FN4O. The SMILES string of the molecule is C[C@H](NC(=O)N1CCCN(c2ccccc2)CC1)c1ccncc1F. The predicted octanol–water partition coefficient (Wildman–Crippen LogP) is 3.20. The van der Waals surface area contributed by atoms with E-state index in [-0.39, 0.29) is 6.03 Å². The van der Waals surface area contributed by atoms with E-state index < -0.39 is 11.9 Å². The standard InChI is InChI=1S/C19H23FN4O/c1-15(17-8-9-21-14-18(17)20)22-19(25)24-11-5-10-23(12-13-24)16-6-3-2-4-7-16/h2-4,6-9,14-15H,5,10-13H2,1H3,(H,22,25)/t15-/m0/s1. The summed E-state index contributed by atoms with van der Waals surface area (Å²) in [5, 5.41) is 2.89. The minimum absolute atomic E-state index is 0.154. The molecule has 1 aliphatic heterocycles. The molecule has 2 heterocycles. The number of aromatic nitrogens is 1. The van der Waals surface area contributed by atoms with E-state index in [0.29, 0.717) is 18.7 Å². The van der Waals surface area contributed by atoms with E-state index in [2.05, 4.69) is 27.3 Å². The molecule has 1 N–H and O–H groups in total. The zero-order chi connectivity index (χ0) is 17.6. The van der Waals surface area contributed by atoms with Gasteiger partial charge in [-0.25, -0.2) is 9.18 Å². The number of amides is 2. The maximum Gasteiger partial charge on any atom is 0.317 e. The van der Waals surface area contributed by atoms with Gasteiger partial charge in [-0.1, -0.05) is 18.2 Å². The fraction of sp³-hybridized carbons (Fsp3) is 0.368. The van der Waals surface area contributed by atoms with E-state index in [1.54, 1.807) is 17.9 Å². The lowest BCUT2D eigenvalue weighted by molar-refractivity contribution is 0.198. The number of para-hydroxylation sites is 1. The summed E-state index contributed by atoms with van der Waals surface area (Å²) in [5.41, 5.74) is 1.63. The minimum Gasteiger partial charge on any atom is -0.370 e. The van der Waals surface area contributed by atoms with Crippen LogP contribution in [0.2, 0.25) is 0 Å². The van der Waals surface area contributed by atoms with E-state index in [1.165, 1.54) is 18.1 Å². The smallest absolute Gasteiger partial charge is 0.317 e. The van der Waals surface area contributed by atoms with Crippen molar-refractivity contribution >= 4 is 11.7 Å². The van der Waals surface area contributed by atoms with Crippen molar-refractivity contribution in [1.82, 2.24) is 15.2 Å². The lowest BCUT2D eigenvalue weighted by atomic mass is 10.1. The summed E-state index contributed by atoms with van der Waals surface area (Å²) in [5.74, 6) is -0.401. The first-order valence-electron chi connectivity index (χ1n) is 8.60. The van der Waals surface area contributed by atoms with Crippen LogP contribution in [-0.4, -0.2) is 42.1 Å². The number of pyridine rings is 1. The maximum absolute atomic E-state index is 13.8. The molecule has 0 radical (unpaired) electrons. The highest BCUT2D eigenvalue weighted by atomic mass is 19.1. The molecular weight excluding hydrogens is 319 g/mol. The van der Waals surface area contributed by atoms with Gasteiger partial charge in [0.15, 0.2) is 0 Å². The zero-order valence-electron chi connectivity index (χ0n) is 14.4. The van der Waals surface area contributed by atoms with E-state index in [1.807, 2.05) is 18.2 Å². The Hall–Kier alpha value is -2.63. The Morgan fingerprint density at radius 2 is 1.96 bits per heavy atom. The number of anilines is 1. The molecule has 6 heteroatoms. The van der Waals surface area contributed by atoms with Crippen LogP contribution in [0.25, 0.3) is 0 Å². The number of benzene rings is 1. The van der Waals surface area contributed by atoms with Crippen LogP contribution < -0.4 is 10.2 Å². The normalized spacial score (nSPS) is 16.2. The van der Waals surface area contributed by atoms with Crippen LogP contribution in [0, 0.1) is 5.82 Å². The van der Waals surface area contributed by atoms with Crippen LogP contribution in [0.4, 0.5) is 14.9 Å². The second kappa shape index (κ2) is 7.96. The van der Waals surface area contributed by atoms with Crippen LogP contribution in [-0.2, 0) is 0 Å². The van der Waals surface area contributed by atoms with Gasteiger partial charge in [0.1, 0.15) is 5.82 Å². The van der Waals surface area contributed by atoms with Crippen LogP contribution in [0.5, 0.6) is 0 Å². The molecule has 25 heavy (non-hydrogen) atoms. The molecule has 1 aromatic carbocycles. The number of nitrogens with zero attached hydrogens (tertiary/aromatic N) is 3. The van der Waals surface area contributed by atoms with Gasteiger partial charge in [-0.15, -0.1) is 0 Å². The summed E-state index contributed by atoms with van der Waals surface area (Å²) >= 11 is 0. The molecule has 0 unspecified atom stereocenters. The highest BCUT2D eigenvalue weighted by molar-refractivity contribution is 5.74. The van der Waals surface area contributed by atoms with Gasteiger partial charge in [-0.2, -0.15) is 0 Å². The number of carbonyl (C=O) groups excluding carboxylic acids is 1. The van der Waals surface area contributed by atoms with Crippen LogP contribution in [0.15, 0.2) is 48.8 Å². The van der Waals surface area contributed by atoms with Gasteiger partial charge in [-0.3, -0.25) is 4.98 Å². The average Bonchev–Trinajstić information content (AvgIpc) is 2.89. The Labute approximate surface area is 147 Å². The monoisotopic (exact) mass is 342 g/mol. The molecule has 1 aliphatic rings. The number of halogens is 1.